The van der Waals surface area contributed by atoms with Gasteiger partial charge in [0.2, 0.25) is 0 Å². The highest BCUT2D eigenvalue weighted by molar-refractivity contribution is 5.84. The topological polar surface area (TPSA) is 95.9 Å². The zero-order chi connectivity index (χ0) is 18.2. The summed E-state index contributed by atoms with van der Waals surface area (Å²) in [6.07, 6.45) is 4.59. The minimum atomic E-state index is -1.09. The first-order valence-electron chi connectivity index (χ1n) is 8.53. The van der Waals surface area contributed by atoms with Crippen LogP contribution in [0.3, 0.4) is 0 Å². The van der Waals surface area contributed by atoms with Crippen molar-refractivity contribution < 1.29 is 19.4 Å². The van der Waals surface area contributed by atoms with Crippen LogP contribution in [0.15, 0.2) is 12.4 Å². The highest BCUT2D eigenvalue weighted by Crippen LogP contribution is 2.31. The van der Waals surface area contributed by atoms with E-state index in [1.807, 2.05) is 30.6 Å². The summed E-state index contributed by atoms with van der Waals surface area (Å²) in [5.74, 6) is -0.0662. The number of aromatic carboxylic acids is 1. The first kappa shape index (κ1) is 17.4. The lowest BCUT2D eigenvalue weighted by atomic mass is 9.99. The van der Waals surface area contributed by atoms with Gasteiger partial charge in [0.1, 0.15) is 11.4 Å². The number of carbonyl (C=O) groups is 2. The normalized spacial score (nSPS) is 17.8. The minimum Gasteiger partial charge on any atom is -0.476 e. The van der Waals surface area contributed by atoms with Crippen LogP contribution in [0.1, 0.15) is 44.1 Å². The third-order valence-corrected chi connectivity index (χ3v) is 4.21. The molecule has 2 aliphatic rings. The number of rotatable bonds is 5. The molecule has 1 N–H and O–H groups in total. The number of aromatic nitrogens is 2. The quantitative estimate of drug-likeness (QED) is 0.869. The van der Waals surface area contributed by atoms with Crippen LogP contribution in [-0.2, 0) is 4.74 Å². The van der Waals surface area contributed by atoms with Crippen molar-refractivity contribution in [3.8, 4) is 0 Å². The number of amides is 1. The van der Waals surface area contributed by atoms with Crippen molar-refractivity contribution in [3.05, 3.63) is 18.1 Å². The predicted octanol–water partition coefficient (Wildman–Crippen LogP) is 2.01. The van der Waals surface area contributed by atoms with Gasteiger partial charge in [-0.1, -0.05) is 0 Å². The van der Waals surface area contributed by atoms with Crippen LogP contribution in [0.5, 0.6) is 0 Å². The van der Waals surface area contributed by atoms with Gasteiger partial charge in [-0.05, 0) is 33.6 Å². The highest BCUT2D eigenvalue weighted by Gasteiger charge is 2.39. The molecule has 2 fully saturated rings. The van der Waals surface area contributed by atoms with Crippen LogP contribution >= 0.6 is 0 Å². The Morgan fingerprint density at radius 3 is 2.44 bits per heavy atom. The minimum absolute atomic E-state index is 0.0642. The van der Waals surface area contributed by atoms with Crippen LogP contribution in [0.25, 0.3) is 0 Å². The van der Waals surface area contributed by atoms with E-state index >= 15 is 0 Å². The van der Waals surface area contributed by atoms with Crippen LogP contribution < -0.4 is 4.90 Å². The standard InChI is InChI=1S/C17H24N4O4/c1-17(2,3)25-16(24)21(12-4-5-12)10-11-8-20(9-11)14-7-18-13(6-19-14)15(22)23/h6-7,11-12H,4-5,8-10H2,1-3H3,(H,22,23). The van der Waals surface area contributed by atoms with E-state index in [1.165, 1.54) is 12.4 Å². The van der Waals surface area contributed by atoms with Crippen molar-refractivity contribution in [2.45, 2.75) is 45.3 Å². The summed E-state index contributed by atoms with van der Waals surface area (Å²) in [7, 11) is 0. The molecule has 1 saturated heterocycles. The van der Waals surface area contributed by atoms with E-state index in [4.69, 9.17) is 9.84 Å². The highest BCUT2D eigenvalue weighted by atomic mass is 16.6. The van der Waals surface area contributed by atoms with Gasteiger partial charge in [0, 0.05) is 31.6 Å². The predicted molar refractivity (Wildman–Crippen MR) is 90.7 cm³/mol. The van der Waals surface area contributed by atoms with E-state index in [9.17, 15) is 9.59 Å². The summed E-state index contributed by atoms with van der Waals surface area (Å²) in [5.41, 5.74) is -0.553. The Kier molecular flexibility index (Phi) is 4.53. The molecule has 1 saturated carbocycles. The number of carboxylic acid groups (broad SMARTS) is 1. The fraction of sp³-hybridized carbons (Fsp3) is 0.647. The second-order valence-corrected chi connectivity index (χ2v) is 7.70. The Bertz CT molecular complexity index is 646. The summed E-state index contributed by atoms with van der Waals surface area (Å²) >= 11 is 0. The van der Waals surface area contributed by atoms with Crippen LogP contribution in [0, 0.1) is 5.92 Å². The maximum absolute atomic E-state index is 12.4. The molecule has 136 valence electrons. The largest absolute Gasteiger partial charge is 0.476 e. The lowest BCUT2D eigenvalue weighted by molar-refractivity contribution is 0.0193. The van der Waals surface area contributed by atoms with E-state index in [2.05, 4.69) is 9.97 Å². The fourth-order valence-corrected chi connectivity index (χ4v) is 2.82. The van der Waals surface area contributed by atoms with Gasteiger partial charge in [-0.15, -0.1) is 0 Å². The Morgan fingerprint density at radius 1 is 1.28 bits per heavy atom. The third kappa shape index (κ3) is 4.37. The maximum Gasteiger partial charge on any atom is 0.410 e. The molecule has 2 heterocycles. The second kappa shape index (κ2) is 6.50. The van der Waals surface area contributed by atoms with E-state index < -0.39 is 11.6 Å². The summed E-state index contributed by atoms with van der Waals surface area (Å²) in [4.78, 5) is 35.1. The van der Waals surface area contributed by atoms with Crippen molar-refractivity contribution in [1.82, 2.24) is 14.9 Å². The summed E-state index contributed by atoms with van der Waals surface area (Å²) in [6.45, 7) is 7.85. The first-order chi connectivity index (χ1) is 11.7. The van der Waals surface area contributed by atoms with Gasteiger partial charge in [0.25, 0.3) is 0 Å². The van der Waals surface area contributed by atoms with Crippen molar-refractivity contribution in [3.63, 3.8) is 0 Å². The van der Waals surface area contributed by atoms with Gasteiger partial charge in [-0.25, -0.2) is 19.6 Å². The molecule has 8 heteroatoms. The Morgan fingerprint density at radius 2 is 1.96 bits per heavy atom. The Labute approximate surface area is 146 Å². The zero-order valence-corrected chi connectivity index (χ0v) is 14.8. The molecule has 1 aliphatic carbocycles. The monoisotopic (exact) mass is 348 g/mol. The number of hydrogen-bond donors (Lipinski definition) is 1. The van der Waals surface area contributed by atoms with Crippen LogP contribution in [0.4, 0.5) is 10.6 Å². The van der Waals surface area contributed by atoms with Gasteiger partial charge >= 0.3 is 12.1 Å². The Hall–Kier alpha value is -2.38. The van der Waals surface area contributed by atoms with E-state index in [0.717, 1.165) is 25.9 Å². The average molecular weight is 348 g/mol. The molecule has 1 amide bonds. The molecular weight excluding hydrogens is 324 g/mol. The molecular formula is C17H24N4O4. The van der Waals surface area contributed by atoms with Gasteiger partial charge in [-0.3, -0.25) is 0 Å². The summed E-state index contributed by atoms with van der Waals surface area (Å²) in [5, 5.41) is 8.85. The molecule has 0 radical (unpaired) electrons. The van der Waals surface area contributed by atoms with Crippen LogP contribution in [0.2, 0.25) is 0 Å². The zero-order valence-electron chi connectivity index (χ0n) is 14.8. The molecule has 0 aromatic carbocycles. The lowest BCUT2D eigenvalue weighted by Crippen LogP contribution is -2.53. The lowest BCUT2D eigenvalue weighted by Gasteiger charge is -2.42. The van der Waals surface area contributed by atoms with Gasteiger partial charge in [-0.2, -0.15) is 0 Å². The number of nitrogens with zero attached hydrogens (tertiary/aromatic N) is 4. The van der Waals surface area contributed by atoms with Gasteiger partial charge < -0.3 is 19.6 Å². The number of hydrogen-bond acceptors (Lipinski definition) is 6. The molecule has 1 aliphatic heterocycles. The molecule has 0 bridgehead atoms. The number of ether oxygens (including phenoxy) is 1. The molecule has 8 nitrogen and oxygen atoms in total. The number of carboxylic acids is 1. The van der Waals surface area contributed by atoms with Gasteiger partial charge in [0.05, 0.1) is 12.4 Å². The average Bonchev–Trinajstić information content (AvgIpc) is 3.29. The van der Waals surface area contributed by atoms with Crippen molar-refractivity contribution in [2.75, 3.05) is 24.5 Å². The van der Waals surface area contributed by atoms with E-state index in [0.29, 0.717) is 24.3 Å². The van der Waals surface area contributed by atoms with E-state index in [-0.39, 0.29) is 11.8 Å². The second-order valence-electron chi connectivity index (χ2n) is 7.70. The molecule has 0 atom stereocenters. The molecule has 3 rings (SSSR count). The molecule has 1 aromatic rings. The molecule has 0 spiro atoms. The molecule has 25 heavy (non-hydrogen) atoms. The summed E-state index contributed by atoms with van der Waals surface area (Å²) < 4.78 is 5.51. The molecule has 1 aromatic heterocycles. The molecule has 0 unspecified atom stereocenters. The van der Waals surface area contributed by atoms with E-state index in [1.54, 1.807) is 0 Å². The summed E-state index contributed by atoms with van der Waals surface area (Å²) in [6, 6.07) is 0.304. The smallest absolute Gasteiger partial charge is 0.410 e. The SMILES string of the molecule is CC(C)(C)OC(=O)N(CC1CN(c2cnc(C(=O)O)cn2)C1)C1CC1. The number of carbonyl (C=O) groups excluding carboxylic acids is 1. The van der Waals surface area contributed by atoms with Crippen molar-refractivity contribution in [1.29, 1.82) is 0 Å². The van der Waals surface area contributed by atoms with Crippen molar-refractivity contribution >= 4 is 17.9 Å². The third-order valence-electron chi connectivity index (χ3n) is 4.21. The fourth-order valence-electron chi connectivity index (χ4n) is 2.82. The number of anilines is 1. The first-order valence-corrected chi connectivity index (χ1v) is 8.53. The van der Waals surface area contributed by atoms with Crippen LogP contribution in [-0.4, -0.2) is 63.3 Å². The maximum atomic E-state index is 12.4. The Balaban J connectivity index is 1.53. The van der Waals surface area contributed by atoms with Crippen molar-refractivity contribution in [2.24, 2.45) is 5.92 Å². The van der Waals surface area contributed by atoms with Gasteiger partial charge in [0.15, 0.2) is 5.69 Å².